The first-order valence-electron chi connectivity index (χ1n) is 6.77. The first-order chi connectivity index (χ1) is 10.8. The molecule has 0 aliphatic carbocycles. The molecule has 0 amide bonds. The van der Waals surface area contributed by atoms with Gasteiger partial charge in [0, 0.05) is 24.3 Å². The SMILES string of the molecule is CC1=Nn2c(C)nnc2C1.CC1=Nn2c(nnc2C(F)(F)F)C1. The third-order valence-corrected chi connectivity index (χ3v) is 3.19. The zero-order valence-corrected chi connectivity index (χ0v) is 12.6. The lowest BCUT2D eigenvalue weighted by Gasteiger charge is -2.02. The number of rotatable bonds is 0. The highest BCUT2D eigenvalue weighted by Gasteiger charge is 2.39. The van der Waals surface area contributed by atoms with E-state index in [4.69, 9.17) is 0 Å². The van der Waals surface area contributed by atoms with Crippen LogP contribution in [0.5, 0.6) is 0 Å². The summed E-state index contributed by atoms with van der Waals surface area (Å²) in [5, 5.41) is 22.1. The molecule has 2 aliphatic heterocycles. The second-order valence-electron chi connectivity index (χ2n) is 5.25. The van der Waals surface area contributed by atoms with Crippen LogP contribution < -0.4 is 0 Å². The van der Waals surface area contributed by atoms with E-state index < -0.39 is 12.0 Å². The molecule has 23 heavy (non-hydrogen) atoms. The van der Waals surface area contributed by atoms with Crippen LogP contribution in [0.1, 0.15) is 37.1 Å². The zero-order valence-electron chi connectivity index (χ0n) is 12.6. The standard InChI is InChI=1S/C6H5F3N4.C6H8N4/c1-3-2-4-10-11-5(6(7,8)9)13(4)12-3;1-4-3-6-8-7-5(2)10(6)9-4/h2H2,1H3;3H2,1-2H3. The molecule has 0 aromatic carbocycles. The van der Waals surface area contributed by atoms with Crippen LogP contribution in [0.4, 0.5) is 13.2 Å². The molecule has 2 aromatic heterocycles. The Morgan fingerprint density at radius 2 is 1.30 bits per heavy atom. The number of aromatic nitrogens is 6. The van der Waals surface area contributed by atoms with Crippen LogP contribution in [0.25, 0.3) is 0 Å². The average Bonchev–Trinajstić information content (AvgIpc) is 3.13. The number of hydrogen-bond acceptors (Lipinski definition) is 6. The van der Waals surface area contributed by atoms with Crippen molar-refractivity contribution in [2.24, 2.45) is 10.2 Å². The summed E-state index contributed by atoms with van der Waals surface area (Å²) in [4.78, 5) is 0. The second-order valence-corrected chi connectivity index (χ2v) is 5.25. The van der Waals surface area contributed by atoms with Gasteiger partial charge < -0.3 is 0 Å². The van der Waals surface area contributed by atoms with Crippen molar-refractivity contribution in [3.8, 4) is 0 Å². The van der Waals surface area contributed by atoms with Crippen molar-refractivity contribution in [3.63, 3.8) is 0 Å². The van der Waals surface area contributed by atoms with E-state index in [-0.39, 0.29) is 5.82 Å². The molecule has 0 N–H and O–H groups in total. The molecule has 11 heteroatoms. The van der Waals surface area contributed by atoms with Gasteiger partial charge >= 0.3 is 6.18 Å². The van der Waals surface area contributed by atoms with Gasteiger partial charge in [0.2, 0.25) is 0 Å². The summed E-state index contributed by atoms with van der Waals surface area (Å²) in [6, 6.07) is 0. The van der Waals surface area contributed by atoms with Gasteiger partial charge in [-0.15, -0.1) is 20.4 Å². The number of aryl methyl sites for hydroxylation is 1. The van der Waals surface area contributed by atoms with Crippen LogP contribution >= 0.6 is 0 Å². The molecular formula is C12H13F3N8. The molecule has 2 aromatic rings. The Balaban J connectivity index is 0.000000140. The molecule has 122 valence electrons. The lowest BCUT2D eigenvalue weighted by molar-refractivity contribution is -0.147. The van der Waals surface area contributed by atoms with Crippen LogP contribution in [0.15, 0.2) is 10.2 Å². The van der Waals surface area contributed by atoms with Gasteiger partial charge in [-0.25, -0.2) is 4.68 Å². The van der Waals surface area contributed by atoms with Crippen molar-refractivity contribution in [1.82, 2.24) is 29.7 Å². The van der Waals surface area contributed by atoms with Crippen LogP contribution in [-0.2, 0) is 19.0 Å². The van der Waals surface area contributed by atoms with E-state index in [0.29, 0.717) is 12.1 Å². The van der Waals surface area contributed by atoms with Gasteiger partial charge in [-0.1, -0.05) is 0 Å². The topological polar surface area (TPSA) is 86.1 Å². The Morgan fingerprint density at radius 1 is 0.783 bits per heavy atom. The van der Waals surface area contributed by atoms with E-state index in [2.05, 4.69) is 30.6 Å². The highest BCUT2D eigenvalue weighted by Crippen LogP contribution is 2.29. The fourth-order valence-electron chi connectivity index (χ4n) is 2.22. The lowest BCUT2D eigenvalue weighted by Crippen LogP contribution is -2.12. The molecule has 0 radical (unpaired) electrons. The molecule has 0 saturated heterocycles. The van der Waals surface area contributed by atoms with E-state index >= 15 is 0 Å². The highest BCUT2D eigenvalue weighted by molar-refractivity contribution is 5.85. The molecular weight excluding hydrogens is 313 g/mol. The Labute approximate surface area is 128 Å². The van der Waals surface area contributed by atoms with Crippen molar-refractivity contribution in [2.75, 3.05) is 0 Å². The second kappa shape index (κ2) is 5.25. The zero-order chi connectivity index (χ0) is 16.8. The molecule has 0 fully saturated rings. The third kappa shape index (κ3) is 2.85. The minimum absolute atomic E-state index is 0.241. The van der Waals surface area contributed by atoms with E-state index in [0.717, 1.165) is 28.5 Å². The van der Waals surface area contributed by atoms with Crippen molar-refractivity contribution < 1.29 is 13.2 Å². The quantitative estimate of drug-likeness (QED) is 0.733. The summed E-state index contributed by atoms with van der Waals surface area (Å²) in [5.41, 5.74) is 1.71. The molecule has 0 atom stereocenters. The monoisotopic (exact) mass is 326 g/mol. The van der Waals surface area contributed by atoms with Crippen LogP contribution in [0.2, 0.25) is 0 Å². The highest BCUT2D eigenvalue weighted by atomic mass is 19.4. The van der Waals surface area contributed by atoms with Gasteiger partial charge in [0.15, 0.2) is 17.5 Å². The van der Waals surface area contributed by atoms with Gasteiger partial charge in [0.25, 0.3) is 5.82 Å². The molecule has 4 heterocycles. The average molecular weight is 326 g/mol. The van der Waals surface area contributed by atoms with Crippen LogP contribution in [0.3, 0.4) is 0 Å². The summed E-state index contributed by atoms with van der Waals surface area (Å²) >= 11 is 0. The number of alkyl halides is 3. The number of nitrogens with zero attached hydrogens (tertiary/aromatic N) is 8. The summed E-state index contributed by atoms with van der Waals surface area (Å²) in [6.45, 7) is 5.54. The minimum atomic E-state index is -4.49. The van der Waals surface area contributed by atoms with E-state index in [9.17, 15) is 13.2 Å². The molecule has 0 unspecified atom stereocenters. The van der Waals surface area contributed by atoms with Crippen molar-refractivity contribution in [2.45, 2.75) is 39.8 Å². The third-order valence-electron chi connectivity index (χ3n) is 3.19. The summed E-state index contributed by atoms with van der Waals surface area (Å²) in [6.07, 6.45) is -3.30. The number of fused-ring (bicyclic) bond motifs is 2. The Kier molecular flexibility index (Phi) is 3.49. The number of hydrogen-bond donors (Lipinski definition) is 0. The van der Waals surface area contributed by atoms with Gasteiger partial charge in [0.1, 0.15) is 0 Å². The Hall–Kier alpha value is -2.59. The maximum atomic E-state index is 12.2. The first-order valence-corrected chi connectivity index (χ1v) is 6.77. The van der Waals surface area contributed by atoms with Crippen LogP contribution in [0, 0.1) is 6.92 Å². The smallest absolute Gasteiger partial charge is 0.201 e. The predicted molar refractivity (Wildman–Crippen MR) is 74.2 cm³/mol. The first kappa shape index (κ1) is 15.3. The van der Waals surface area contributed by atoms with Crippen LogP contribution in [-0.4, -0.2) is 41.2 Å². The normalized spacial score (nSPS) is 15.6. The summed E-state index contributed by atoms with van der Waals surface area (Å²) in [7, 11) is 0. The largest absolute Gasteiger partial charge is 0.453 e. The number of halogens is 3. The van der Waals surface area contributed by atoms with Gasteiger partial charge in [-0.05, 0) is 20.8 Å². The maximum Gasteiger partial charge on any atom is 0.453 e. The fourth-order valence-corrected chi connectivity index (χ4v) is 2.22. The van der Waals surface area contributed by atoms with Crippen molar-refractivity contribution in [1.29, 1.82) is 0 Å². The van der Waals surface area contributed by atoms with Gasteiger partial charge in [-0.3, -0.25) is 0 Å². The predicted octanol–water partition coefficient (Wildman–Crippen LogP) is 1.44. The molecule has 4 rings (SSSR count). The molecule has 0 bridgehead atoms. The summed E-state index contributed by atoms with van der Waals surface area (Å²) in [5.74, 6) is 1.01. The summed E-state index contributed by atoms with van der Waals surface area (Å²) < 4.78 is 39.2. The fraction of sp³-hybridized carbons (Fsp3) is 0.500. The van der Waals surface area contributed by atoms with E-state index in [1.54, 1.807) is 11.6 Å². The Morgan fingerprint density at radius 3 is 1.87 bits per heavy atom. The van der Waals surface area contributed by atoms with Crippen molar-refractivity contribution in [3.05, 3.63) is 23.3 Å². The molecule has 0 spiro atoms. The molecule has 0 saturated carbocycles. The van der Waals surface area contributed by atoms with Gasteiger partial charge in [-0.2, -0.15) is 28.1 Å². The van der Waals surface area contributed by atoms with Gasteiger partial charge in [0.05, 0.1) is 0 Å². The molecule has 2 aliphatic rings. The molecule has 8 nitrogen and oxygen atoms in total. The Bertz CT molecular complexity index is 811. The van der Waals surface area contributed by atoms with E-state index in [1.165, 1.54) is 0 Å². The maximum absolute atomic E-state index is 12.2. The lowest BCUT2D eigenvalue weighted by atomic mass is 10.3. The van der Waals surface area contributed by atoms with E-state index in [1.807, 2.05) is 13.8 Å². The van der Waals surface area contributed by atoms with Crippen molar-refractivity contribution >= 4 is 11.4 Å². The minimum Gasteiger partial charge on any atom is -0.201 e.